The van der Waals surface area contributed by atoms with E-state index in [0.29, 0.717) is 37.8 Å². The normalized spacial score (nSPS) is 13.1. The molecule has 256 valence electrons. The maximum atomic E-state index is 13.6. The van der Waals surface area contributed by atoms with E-state index >= 15 is 0 Å². The van der Waals surface area contributed by atoms with Gasteiger partial charge in [0.2, 0.25) is 11.8 Å². The molecule has 3 amide bonds. The molecule has 1 aromatic carbocycles. The number of rotatable bonds is 22. The second-order valence-corrected chi connectivity index (χ2v) is 13.1. The fourth-order valence-corrected chi connectivity index (χ4v) is 6.25. The molecule has 0 spiro atoms. The molecule has 3 N–H and O–H groups in total. The first kappa shape index (κ1) is 38.9. The standard InChI is InChI=1S/C35H55N5O5S/c1-7-9-13-21-36-23-31(41)38-28(14-8-2)35(44)40(5)30(25(3)4)18-19-32-39-29(24-46-32)34(43)37-27(17-20-33(42)45-6)22-26-15-11-10-12-16-26/h10-12,15-16,24-25,27-28,30,36H,7-9,13-14,17-23H2,1-6H3,(H,37,43)(H,38,41)/t27-,28+,30-/m1/s1. The van der Waals surface area contributed by atoms with E-state index in [0.717, 1.165) is 42.8 Å². The number of nitrogens with one attached hydrogen (secondary N) is 3. The van der Waals surface area contributed by atoms with Crippen molar-refractivity contribution >= 4 is 35.0 Å². The number of aryl methyl sites for hydroxylation is 1. The van der Waals surface area contributed by atoms with Crippen LogP contribution in [0.25, 0.3) is 0 Å². The van der Waals surface area contributed by atoms with Crippen molar-refractivity contribution in [3.8, 4) is 0 Å². The Morgan fingerprint density at radius 3 is 2.37 bits per heavy atom. The summed E-state index contributed by atoms with van der Waals surface area (Å²) in [5.41, 5.74) is 1.41. The van der Waals surface area contributed by atoms with Gasteiger partial charge >= 0.3 is 5.97 Å². The van der Waals surface area contributed by atoms with Crippen molar-refractivity contribution in [3.63, 3.8) is 0 Å². The van der Waals surface area contributed by atoms with Crippen LogP contribution in [0.2, 0.25) is 0 Å². The predicted molar refractivity (Wildman–Crippen MR) is 184 cm³/mol. The van der Waals surface area contributed by atoms with E-state index < -0.39 is 6.04 Å². The molecule has 46 heavy (non-hydrogen) atoms. The fraction of sp³-hybridized carbons (Fsp3) is 0.629. The number of carbonyl (C=O) groups excluding carboxylic acids is 4. The lowest BCUT2D eigenvalue weighted by molar-refractivity contribution is -0.140. The van der Waals surface area contributed by atoms with Crippen molar-refractivity contribution in [1.29, 1.82) is 0 Å². The summed E-state index contributed by atoms with van der Waals surface area (Å²) in [6.45, 7) is 9.31. The van der Waals surface area contributed by atoms with Crippen LogP contribution < -0.4 is 16.0 Å². The van der Waals surface area contributed by atoms with Crippen molar-refractivity contribution in [2.75, 3.05) is 27.2 Å². The van der Waals surface area contributed by atoms with Gasteiger partial charge in [-0.1, -0.05) is 77.3 Å². The Hall–Kier alpha value is -3.31. The molecular formula is C35H55N5O5S. The van der Waals surface area contributed by atoms with Crippen molar-refractivity contribution in [2.24, 2.45) is 5.92 Å². The molecule has 10 nitrogen and oxygen atoms in total. The third-order valence-electron chi connectivity index (χ3n) is 8.09. The second-order valence-electron chi connectivity index (χ2n) is 12.2. The summed E-state index contributed by atoms with van der Waals surface area (Å²) in [4.78, 5) is 57.5. The average molecular weight is 658 g/mol. The second kappa shape index (κ2) is 21.5. The molecule has 11 heteroatoms. The number of ether oxygens (including phenoxy) is 1. The highest BCUT2D eigenvalue weighted by Crippen LogP contribution is 2.21. The Morgan fingerprint density at radius 1 is 0.978 bits per heavy atom. The van der Waals surface area contributed by atoms with Crippen LogP contribution in [0.15, 0.2) is 35.7 Å². The van der Waals surface area contributed by atoms with Crippen molar-refractivity contribution in [3.05, 3.63) is 52.0 Å². The van der Waals surface area contributed by atoms with E-state index in [4.69, 9.17) is 4.74 Å². The molecular weight excluding hydrogens is 602 g/mol. The highest BCUT2D eigenvalue weighted by molar-refractivity contribution is 7.09. The van der Waals surface area contributed by atoms with Crippen molar-refractivity contribution < 1.29 is 23.9 Å². The number of esters is 1. The first-order valence-corrected chi connectivity index (χ1v) is 17.6. The van der Waals surface area contributed by atoms with E-state index in [1.165, 1.54) is 18.4 Å². The van der Waals surface area contributed by atoms with E-state index in [-0.39, 0.29) is 54.7 Å². The van der Waals surface area contributed by atoms with E-state index in [1.807, 2.05) is 44.3 Å². The lowest BCUT2D eigenvalue weighted by Crippen LogP contribution is -2.52. The summed E-state index contributed by atoms with van der Waals surface area (Å²) in [7, 11) is 3.17. The van der Waals surface area contributed by atoms with Gasteiger partial charge in [0.1, 0.15) is 11.7 Å². The molecule has 0 aliphatic heterocycles. The number of methoxy groups -OCH3 is 1. The van der Waals surface area contributed by atoms with Crippen LogP contribution in [-0.4, -0.2) is 78.9 Å². The van der Waals surface area contributed by atoms with Gasteiger partial charge in [0.05, 0.1) is 18.7 Å². The highest BCUT2D eigenvalue weighted by atomic mass is 32.1. The number of likely N-dealkylation sites (N-methyl/N-ethyl adjacent to an activating group) is 1. The van der Waals surface area contributed by atoms with Gasteiger partial charge in [-0.2, -0.15) is 0 Å². The molecule has 2 rings (SSSR count). The monoisotopic (exact) mass is 657 g/mol. The predicted octanol–water partition coefficient (Wildman–Crippen LogP) is 4.92. The summed E-state index contributed by atoms with van der Waals surface area (Å²) in [5.74, 6) is -0.662. The Labute approximate surface area is 279 Å². The smallest absolute Gasteiger partial charge is 0.305 e. The summed E-state index contributed by atoms with van der Waals surface area (Å²) < 4.78 is 4.80. The molecule has 0 fully saturated rings. The number of hydrogen-bond donors (Lipinski definition) is 3. The number of nitrogens with zero attached hydrogens (tertiary/aromatic N) is 2. The lowest BCUT2D eigenvalue weighted by Gasteiger charge is -2.34. The number of carbonyl (C=O) groups is 4. The summed E-state index contributed by atoms with van der Waals surface area (Å²) >= 11 is 1.43. The zero-order chi connectivity index (χ0) is 33.9. The van der Waals surface area contributed by atoms with E-state index in [1.54, 1.807) is 10.3 Å². The molecule has 1 heterocycles. The van der Waals surface area contributed by atoms with Gasteiger partial charge in [-0.15, -0.1) is 11.3 Å². The van der Waals surface area contributed by atoms with Gasteiger partial charge in [-0.3, -0.25) is 19.2 Å². The van der Waals surface area contributed by atoms with Gasteiger partial charge in [0.15, 0.2) is 0 Å². The summed E-state index contributed by atoms with van der Waals surface area (Å²) in [6.07, 6.45) is 7.16. The van der Waals surface area contributed by atoms with Gasteiger partial charge < -0.3 is 25.6 Å². The number of benzene rings is 1. The third-order valence-corrected chi connectivity index (χ3v) is 9.00. The summed E-state index contributed by atoms with van der Waals surface area (Å²) in [5, 5.41) is 11.8. The van der Waals surface area contributed by atoms with Crippen molar-refractivity contribution in [2.45, 2.75) is 110 Å². The van der Waals surface area contributed by atoms with Crippen molar-refractivity contribution in [1.82, 2.24) is 25.8 Å². The quantitative estimate of drug-likeness (QED) is 0.121. The lowest BCUT2D eigenvalue weighted by atomic mass is 9.96. The van der Waals surface area contributed by atoms with E-state index in [9.17, 15) is 19.2 Å². The molecule has 0 saturated carbocycles. The number of amides is 3. The molecule has 0 aliphatic rings. The molecule has 0 bridgehead atoms. The number of unbranched alkanes of at least 4 members (excludes halogenated alkanes) is 2. The SMILES string of the molecule is CCCCCNCC(=O)N[C@@H](CCC)C(=O)N(C)[C@H](CCc1nc(C(=O)N[C@H](CCC(=O)OC)Cc2ccccc2)cs1)C(C)C. The highest BCUT2D eigenvalue weighted by Gasteiger charge is 2.29. The minimum atomic E-state index is -0.570. The molecule has 0 radical (unpaired) electrons. The fourth-order valence-electron chi connectivity index (χ4n) is 5.46. The molecule has 2 aromatic rings. The van der Waals surface area contributed by atoms with Crippen LogP contribution in [0, 0.1) is 5.92 Å². The zero-order valence-corrected chi connectivity index (χ0v) is 29.4. The van der Waals surface area contributed by atoms with Crippen LogP contribution in [-0.2, 0) is 32.0 Å². The topological polar surface area (TPSA) is 130 Å². The minimum Gasteiger partial charge on any atom is -0.469 e. The van der Waals surface area contributed by atoms with Crippen LogP contribution in [0.5, 0.6) is 0 Å². The van der Waals surface area contributed by atoms with Gasteiger partial charge in [-0.25, -0.2) is 4.98 Å². The Morgan fingerprint density at radius 2 is 1.72 bits per heavy atom. The first-order chi connectivity index (χ1) is 22.1. The maximum absolute atomic E-state index is 13.6. The van der Waals surface area contributed by atoms with Crippen LogP contribution in [0.4, 0.5) is 0 Å². The molecule has 3 atom stereocenters. The summed E-state index contributed by atoms with van der Waals surface area (Å²) in [6, 6.07) is 8.94. The number of aromatic nitrogens is 1. The molecule has 1 aromatic heterocycles. The van der Waals surface area contributed by atoms with Gasteiger partial charge in [0, 0.05) is 37.4 Å². The van der Waals surface area contributed by atoms with Crippen LogP contribution in [0.1, 0.15) is 100 Å². The number of hydrogen-bond acceptors (Lipinski definition) is 8. The first-order valence-electron chi connectivity index (χ1n) is 16.7. The molecule has 0 aliphatic carbocycles. The number of thiazole rings is 1. The van der Waals surface area contributed by atoms with E-state index in [2.05, 4.69) is 41.7 Å². The largest absolute Gasteiger partial charge is 0.469 e. The zero-order valence-electron chi connectivity index (χ0n) is 28.6. The Balaban J connectivity index is 2.00. The Kier molecular flexibility index (Phi) is 18.1. The Bertz CT molecular complexity index is 1200. The molecule has 0 saturated heterocycles. The average Bonchev–Trinajstić information content (AvgIpc) is 3.52. The molecule has 0 unspecified atom stereocenters. The van der Waals surface area contributed by atoms with Crippen LogP contribution in [0.3, 0.4) is 0 Å². The maximum Gasteiger partial charge on any atom is 0.305 e. The minimum absolute atomic E-state index is 0.0642. The van der Waals surface area contributed by atoms with Gasteiger partial charge in [-0.05, 0) is 50.1 Å². The van der Waals surface area contributed by atoms with Gasteiger partial charge in [0.25, 0.3) is 5.91 Å². The third kappa shape index (κ3) is 14.0. The van der Waals surface area contributed by atoms with Crippen LogP contribution >= 0.6 is 11.3 Å².